The number of amides is 1. The summed E-state index contributed by atoms with van der Waals surface area (Å²) in [6.07, 6.45) is 0. The number of hydrogen-bond acceptors (Lipinski definition) is 3. The maximum Gasteiger partial charge on any atom is 0.267 e. The number of nitrogens with zero attached hydrogens (tertiary/aromatic N) is 2. The van der Waals surface area contributed by atoms with Gasteiger partial charge < -0.3 is 5.32 Å². The molecule has 3 aromatic rings. The van der Waals surface area contributed by atoms with Gasteiger partial charge in [0, 0.05) is 17.3 Å². The quantitative estimate of drug-likeness (QED) is 0.784. The molecular weight excluding hydrogens is 333 g/mol. The highest BCUT2D eigenvalue weighted by molar-refractivity contribution is 5.90. The lowest BCUT2D eigenvalue weighted by Crippen LogP contribution is -2.29. The van der Waals surface area contributed by atoms with Gasteiger partial charge in [0.25, 0.3) is 5.56 Å². The van der Waals surface area contributed by atoms with Crippen LogP contribution in [0.3, 0.4) is 0 Å². The Balaban J connectivity index is 1.82. The first-order valence-electron chi connectivity index (χ1n) is 8.13. The van der Waals surface area contributed by atoms with Crippen LogP contribution in [0.25, 0.3) is 11.3 Å². The van der Waals surface area contributed by atoms with Gasteiger partial charge in [-0.15, -0.1) is 0 Å². The molecule has 0 aliphatic rings. The van der Waals surface area contributed by atoms with Crippen LogP contribution >= 0.6 is 0 Å². The summed E-state index contributed by atoms with van der Waals surface area (Å²) in [6, 6.07) is 14.5. The summed E-state index contributed by atoms with van der Waals surface area (Å²) < 4.78 is 14.3. The summed E-state index contributed by atoms with van der Waals surface area (Å²) in [5.41, 5.74) is 3.70. The van der Waals surface area contributed by atoms with Gasteiger partial charge in [-0.3, -0.25) is 9.59 Å². The zero-order valence-corrected chi connectivity index (χ0v) is 14.5. The maximum absolute atomic E-state index is 13.2. The van der Waals surface area contributed by atoms with Crippen molar-refractivity contribution in [2.24, 2.45) is 0 Å². The van der Waals surface area contributed by atoms with Crippen molar-refractivity contribution < 1.29 is 9.18 Å². The van der Waals surface area contributed by atoms with E-state index in [2.05, 4.69) is 10.4 Å². The molecule has 6 heteroatoms. The molecule has 0 unspecified atom stereocenters. The fourth-order valence-corrected chi connectivity index (χ4v) is 2.52. The van der Waals surface area contributed by atoms with Gasteiger partial charge in [-0.2, -0.15) is 5.10 Å². The second kappa shape index (κ2) is 7.31. The lowest BCUT2D eigenvalue weighted by Gasteiger charge is -2.09. The summed E-state index contributed by atoms with van der Waals surface area (Å²) in [5, 5.41) is 6.84. The number of aromatic nitrogens is 2. The highest BCUT2D eigenvalue weighted by Crippen LogP contribution is 2.19. The molecule has 1 N–H and O–H groups in total. The van der Waals surface area contributed by atoms with E-state index in [9.17, 15) is 14.0 Å². The molecule has 1 aromatic heterocycles. The van der Waals surface area contributed by atoms with Crippen LogP contribution in [0.2, 0.25) is 0 Å². The molecule has 0 saturated carbocycles. The van der Waals surface area contributed by atoms with Gasteiger partial charge in [-0.1, -0.05) is 18.2 Å². The van der Waals surface area contributed by atoms with Crippen molar-refractivity contribution >= 4 is 11.6 Å². The molecule has 0 bridgehead atoms. The van der Waals surface area contributed by atoms with Crippen LogP contribution in [-0.4, -0.2) is 15.7 Å². The van der Waals surface area contributed by atoms with Crippen LogP contribution in [-0.2, 0) is 11.3 Å². The Morgan fingerprint density at radius 1 is 1.08 bits per heavy atom. The number of carbonyl (C=O) groups excluding carboxylic acids is 1. The first-order chi connectivity index (χ1) is 12.4. The monoisotopic (exact) mass is 351 g/mol. The molecule has 1 heterocycles. The van der Waals surface area contributed by atoms with E-state index in [-0.39, 0.29) is 12.1 Å². The summed E-state index contributed by atoms with van der Waals surface area (Å²) in [7, 11) is 0. The Morgan fingerprint density at radius 3 is 2.62 bits per heavy atom. The van der Waals surface area contributed by atoms with Gasteiger partial charge in [0.1, 0.15) is 12.4 Å². The molecule has 0 radical (unpaired) electrons. The van der Waals surface area contributed by atoms with Crippen molar-refractivity contribution in [1.29, 1.82) is 0 Å². The third-order valence-corrected chi connectivity index (χ3v) is 4.07. The number of nitrogens with one attached hydrogen (secondary N) is 1. The van der Waals surface area contributed by atoms with Crippen LogP contribution in [0.15, 0.2) is 59.4 Å². The fourth-order valence-electron chi connectivity index (χ4n) is 2.52. The van der Waals surface area contributed by atoms with E-state index in [1.807, 2.05) is 32.0 Å². The Morgan fingerprint density at radius 2 is 1.88 bits per heavy atom. The van der Waals surface area contributed by atoms with Crippen molar-refractivity contribution in [3.8, 4) is 11.3 Å². The molecule has 5 nitrogen and oxygen atoms in total. The van der Waals surface area contributed by atoms with E-state index < -0.39 is 11.7 Å². The van der Waals surface area contributed by atoms with E-state index in [1.165, 1.54) is 24.3 Å². The van der Waals surface area contributed by atoms with Crippen LogP contribution < -0.4 is 10.9 Å². The van der Waals surface area contributed by atoms with Crippen LogP contribution in [0.5, 0.6) is 0 Å². The van der Waals surface area contributed by atoms with E-state index in [1.54, 1.807) is 12.1 Å². The Kier molecular flexibility index (Phi) is 4.93. The Hall–Kier alpha value is -3.28. The standard InChI is InChI=1S/C20H18FN3O2/c1-13-6-7-15(10-14(13)2)18-8-9-20(26)24(23-18)12-19(25)22-17-5-3-4-16(21)11-17/h3-11H,12H2,1-2H3,(H,22,25). The molecule has 2 aromatic carbocycles. The Bertz CT molecular complexity index is 1030. The van der Waals surface area contributed by atoms with Crippen LogP contribution in [0, 0.1) is 19.7 Å². The summed E-state index contributed by atoms with van der Waals surface area (Å²) in [4.78, 5) is 24.2. The molecule has 0 aliphatic heterocycles. The number of benzene rings is 2. The first-order valence-corrected chi connectivity index (χ1v) is 8.13. The van der Waals surface area contributed by atoms with Gasteiger partial charge in [0.05, 0.1) is 5.69 Å². The highest BCUT2D eigenvalue weighted by Gasteiger charge is 2.09. The zero-order chi connectivity index (χ0) is 18.7. The lowest BCUT2D eigenvalue weighted by atomic mass is 10.0. The van der Waals surface area contributed by atoms with E-state index in [0.29, 0.717) is 11.4 Å². The molecule has 1 amide bonds. The van der Waals surface area contributed by atoms with E-state index in [4.69, 9.17) is 0 Å². The first kappa shape index (κ1) is 17.5. The highest BCUT2D eigenvalue weighted by atomic mass is 19.1. The molecule has 132 valence electrons. The summed E-state index contributed by atoms with van der Waals surface area (Å²) in [6.45, 7) is 3.76. The molecule has 0 atom stereocenters. The number of halogens is 1. The van der Waals surface area contributed by atoms with Gasteiger partial charge >= 0.3 is 0 Å². The molecule has 0 saturated heterocycles. The average molecular weight is 351 g/mol. The minimum atomic E-state index is -0.456. The molecule has 26 heavy (non-hydrogen) atoms. The third kappa shape index (κ3) is 4.03. The van der Waals surface area contributed by atoms with Crippen molar-refractivity contribution in [3.63, 3.8) is 0 Å². The third-order valence-electron chi connectivity index (χ3n) is 4.07. The van der Waals surface area contributed by atoms with Gasteiger partial charge in [-0.25, -0.2) is 9.07 Å². The maximum atomic E-state index is 13.2. The number of anilines is 1. The second-order valence-corrected chi connectivity index (χ2v) is 6.07. The average Bonchev–Trinajstić information content (AvgIpc) is 2.59. The van der Waals surface area contributed by atoms with Crippen molar-refractivity contribution in [2.45, 2.75) is 20.4 Å². The molecule has 0 spiro atoms. The largest absolute Gasteiger partial charge is 0.324 e. The smallest absolute Gasteiger partial charge is 0.267 e. The molecule has 0 fully saturated rings. The van der Waals surface area contributed by atoms with Crippen molar-refractivity contribution in [3.05, 3.63) is 81.9 Å². The van der Waals surface area contributed by atoms with E-state index >= 15 is 0 Å². The summed E-state index contributed by atoms with van der Waals surface area (Å²) >= 11 is 0. The van der Waals surface area contributed by atoms with Crippen molar-refractivity contribution in [1.82, 2.24) is 9.78 Å². The number of aryl methyl sites for hydroxylation is 2. The predicted octanol–water partition coefficient (Wildman–Crippen LogP) is 3.30. The lowest BCUT2D eigenvalue weighted by molar-refractivity contribution is -0.117. The molecular formula is C20H18FN3O2. The minimum Gasteiger partial charge on any atom is -0.324 e. The fraction of sp³-hybridized carbons (Fsp3) is 0.150. The normalized spacial score (nSPS) is 10.6. The SMILES string of the molecule is Cc1ccc(-c2ccc(=O)n(CC(=O)Nc3cccc(F)c3)n2)cc1C. The molecule has 0 aliphatic carbocycles. The van der Waals surface area contributed by atoms with Gasteiger partial charge in [-0.05, 0) is 55.3 Å². The minimum absolute atomic E-state index is 0.256. The number of carbonyl (C=O) groups is 1. The van der Waals surface area contributed by atoms with E-state index in [0.717, 1.165) is 21.4 Å². The number of hydrogen-bond donors (Lipinski definition) is 1. The van der Waals surface area contributed by atoms with Gasteiger partial charge in [0.15, 0.2) is 0 Å². The topological polar surface area (TPSA) is 64.0 Å². The summed E-state index contributed by atoms with van der Waals surface area (Å²) in [5.74, 6) is -0.905. The molecule has 3 rings (SSSR count). The Labute approximate surface area is 150 Å². The zero-order valence-electron chi connectivity index (χ0n) is 14.5. The number of rotatable bonds is 4. The van der Waals surface area contributed by atoms with Crippen LogP contribution in [0.4, 0.5) is 10.1 Å². The second-order valence-electron chi connectivity index (χ2n) is 6.07. The van der Waals surface area contributed by atoms with Gasteiger partial charge in [0.2, 0.25) is 5.91 Å². The van der Waals surface area contributed by atoms with Crippen molar-refractivity contribution in [2.75, 3.05) is 5.32 Å². The van der Waals surface area contributed by atoms with Crippen LogP contribution in [0.1, 0.15) is 11.1 Å². The predicted molar refractivity (Wildman–Crippen MR) is 98.4 cm³/mol.